The topological polar surface area (TPSA) is 21.3 Å². The zero-order chi connectivity index (χ0) is 13.3. The van der Waals surface area contributed by atoms with E-state index in [4.69, 9.17) is 4.74 Å². The van der Waals surface area contributed by atoms with Gasteiger partial charge in [0.1, 0.15) is 11.9 Å². The standard InChI is InChI=1S/C17H25NO/c1-13-6-8-14(9-7-13)19-16-12-15(18-2)17(16)10-4-3-5-11-17/h6-9,15-16,18H,3-5,10-12H2,1-2H3. The fourth-order valence-electron chi connectivity index (χ4n) is 3.98. The zero-order valence-electron chi connectivity index (χ0n) is 12.1. The SMILES string of the molecule is CNC1CC(Oc2ccc(C)cc2)C12CCCCC2. The van der Waals surface area contributed by atoms with Crippen molar-refractivity contribution in [3.8, 4) is 5.75 Å². The first-order valence-corrected chi connectivity index (χ1v) is 7.65. The third kappa shape index (κ3) is 2.27. The van der Waals surface area contributed by atoms with Gasteiger partial charge < -0.3 is 10.1 Å². The molecule has 2 saturated carbocycles. The van der Waals surface area contributed by atoms with Crippen LogP contribution in [-0.4, -0.2) is 19.2 Å². The normalized spacial score (nSPS) is 28.9. The van der Waals surface area contributed by atoms with Gasteiger partial charge in [-0.15, -0.1) is 0 Å². The van der Waals surface area contributed by atoms with Crippen molar-refractivity contribution in [1.82, 2.24) is 5.32 Å². The van der Waals surface area contributed by atoms with Gasteiger partial charge in [0.15, 0.2) is 0 Å². The number of ether oxygens (including phenoxy) is 1. The lowest BCUT2D eigenvalue weighted by atomic mass is 9.55. The number of nitrogens with one attached hydrogen (secondary N) is 1. The molecule has 3 rings (SSSR count). The molecule has 2 aliphatic rings. The lowest BCUT2D eigenvalue weighted by Gasteiger charge is -2.57. The van der Waals surface area contributed by atoms with Gasteiger partial charge in [0.05, 0.1) is 0 Å². The predicted molar refractivity (Wildman–Crippen MR) is 78.6 cm³/mol. The minimum atomic E-state index is 0.401. The summed E-state index contributed by atoms with van der Waals surface area (Å²) in [6.45, 7) is 2.12. The Bertz CT molecular complexity index is 419. The second kappa shape index (κ2) is 5.16. The smallest absolute Gasteiger partial charge is 0.119 e. The second-order valence-corrected chi connectivity index (χ2v) is 6.29. The summed E-state index contributed by atoms with van der Waals surface area (Å²) in [6, 6.07) is 9.15. The highest BCUT2D eigenvalue weighted by Gasteiger charge is 2.55. The molecular formula is C17H25NO. The van der Waals surface area contributed by atoms with E-state index < -0.39 is 0 Å². The van der Waals surface area contributed by atoms with E-state index in [1.54, 1.807) is 0 Å². The van der Waals surface area contributed by atoms with Crippen LogP contribution < -0.4 is 10.1 Å². The van der Waals surface area contributed by atoms with Crippen molar-refractivity contribution in [3.05, 3.63) is 29.8 Å². The Morgan fingerprint density at radius 2 is 1.79 bits per heavy atom. The molecule has 0 saturated heterocycles. The highest BCUT2D eigenvalue weighted by atomic mass is 16.5. The molecule has 2 atom stereocenters. The minimum Gasteiger partial charge on any atom is -0.490 e. The summed E-state index contributed by atoms with van der Waals surface area (Å²) < 4.78 is 6.29. The van der Waals surface area contributed by atoms with Gasteiger partial charge >= 0.3 is 0 Å². The highest BCUT2D eigenvalue weighted by molar-refractivity contribution is 5.27. The average molecular weight is 259 g/mol. The average Bonchev–Trinajstić information content (AvgIpc) is 2.46. The van der Waals surface area contributed by atoms with E-state index in [1.165, 1.54) is 37.7 Å². The van der Waals surface area contributed by atoms with E-state index in [-0.39, 0.29) is 0 Å². The van der Waals surface area contributed by atoms with Crippen LogP contribution in [0.1, 0.15) is 44.1 Å². The molecule has 0 aromatic heterocycles. The Hall–Kier alpha value is -1.02. The van der Waals surface area contributed by atoms with Crippen LogP contribution in [0, 0.1) is 12.3 Å². The van der Waals surface area contributed by atoms with E-state index in [0.29, 0.717) is 17.6 Å². The van der Waals surface area contributed by atoms with Crippen LogP contribution in [0.4, 0.5) is 0 Å². The molecule has 1 spiro atoms. The molecule has 19 heavy (non-hydrogen) atoms. The molecule has 0 amide bonds. The summed E-state index contributed by atoms with van der Waals surface area (Å²) in [6.07, 6.45) is 8.36. The molecule has 0 bridgehead atoms. The van der Waals surface area contributed by atoms with Gasteiger partial charge in [-0.25, -0.2) is 0 Å². The van der Waals surface area contributed by atoms with Crippen LogP contribution in [0.15, 0.2) is 24.3 Å². The Balaban J connectivity index is 1.72. The molecule has 0 heterocycles. The van der Waals surface area contributed by atoms with Crippen molar-refractivity contribution >= 4 is 0 Å². The Labute approximate surface area is 116 Å². The van der Waals surface area contributed by atoms with Crippen molar-refractivity contribution in [2.24, 2.45) is 5.41 Å². The van der Waals surface area contributed by atoms with Crippen LogP contribution in [0.25, 0.3) is 0 Å². The highest BCUT2D eigenvalue weighted by Crippen LogP contribution is 2.53. The predicted octanol–water partition coefficient (Wildman–Crippen LogP) is 3.68. The molecule has 2 unspecified atom stereocenters. The third-order valence-corrected chi connectivity index (χ3v) is 5.22. The molecule has 0 radical (unpaired) electrons. The first-order chi connectivity index (χ1) is 9.24. The maximum absolute atomic E-state index is 6.29. The summed E-state index contributed by atoms with van der Waals surface area (Å²) in [5, 5.41) is 3.51. The van der Waals surface area contributed by atoms with E-state index >= 15 is 0 Å². The van der Waals surface area contributed by atoms with E-state index in [9.17, 15) is 0 Å². The second-order valence-electron chi connectivity index (χ2n) is 6.29. The maximum atomic E-state index is 6.29. The van der Waals surface area contributed by atoms with Crippen molar-refractivity contribution in [2.75, 3.05) is 7.05 Å². The van der Waals surface area contributed by atoms with Crippen molar-refractivity contribution in [3.63, 3.8) is 0 Å². The Morgan fingerprint density at radius 3 is 2.42 bits per heavy atom. The summed E-state index contributed by atoms with van der Waals surface area (Å²) in [4.78, 5) is 0. The minimum absolute atomic E-state index is 0.401. The van der Waals surface area contributed by atoms with E-state index in [2.05, 4.69) is 43.6 Å². The van der Waals surface area contributed by atoms with Crippen LogP contribution in [-0.2, 0) is 0 Å². The zero-order valence-corrected chi connectivity index (χ0v) is 12.1. The van der Waals surface area contributed by atoms with Crippen molar-refractivity contribution in [2.45, 2.75) is 57.6 Å². The number of rotatable bonds is 3. The Morgan fingerprint density at radius 1 is 1.11 bits per heavy atom. The van der Waals surface area contributed by atoms with Crippen LogP contribution in [0.3, 0.4) is 0 Å². The van der Waals surface area contributed by atoms with Crippen molar-refractivity contribution in [1.29, 1.82) is 0 Å². The fraction of sp³-hybridized carbons (Fsp3) is 0.647. The van der Waals surface area contributed by atoms with Gasteiger partial charge in [0.25, 0.3) is 0 Å². The number of aryl methyl sites for hydroxylation is 1. The molecule has 2 aliphatic carbocycles. The first kappa shape index (κ1) is 13.0. The fourth-order valence-corrected chi connectivity index (χ4v) is 3.98. The van der Waals surface area contributed by atoms with Crippen LogP contribution in [0.2, 0.25) is 0 Å². The van der Waals surface area contributed by atoms with Crippen molar-refractivity contribution < 1.29 is 4.74 Å². The molecule has 2 nitrogen and oxygen atoms in total. The summed E-state index contributed by atoms with van der Waals surface area (Å²) in [5.41, 5.74) is 1.69. The lowest BCUT2D eigenvalue weighted by Crippen LogP contribution is -2.64. The molecule has 1 aromatic carbocycles. The quantitative estimate of drug-likeness (QED) is 0.894. The first-order valence-electron chi connectivity index (χ1n) is 7.65. The largest absolute Gasteiger partial charge is 0.490 e. The third-order valence-electron chi connectivity index (χ3n) is 5.22. The van der Waals surface area contributed by atoms with E-state index in [0.717, 1.165) is 12.2 Å². The molecule has 104 valence electrons. The monoisotopic (exact) mass is 259 g/mol. The van der Waals surface area contributed by atoms with Gasteiger partial charge in [0.2, 0.25) is 0 Å². The Kier molecular flexibility index (Phi) is 3.53. The number of benzene rings is 1. The number of hydrogen-bond donors (Lipinski definition) is 1. The molecular weight excluding hydrogens is 234 g/mol. The van der Waals surface area contributed by atoms with Gasteiger partial charge in [-0.2, -0.15) is 0 Å². The molecule has 1 N–H and O–H groups in total. The van der Waals surface area contributed by atoms with E-state index in [1.807, 2.05) is 0 Å². The summed E-state index contributed by atoms with van der Waals surface area (Å²) in [7, 11) is 2.10. The van der Waals surface area contributed by atoms with Gasteiger partial charge in [-0.3, -0.25) is 0 Å². The van der Waals surface area contributed by atoms with Gasteiger partial charge in [-0.05, 0) is 38.9 Å². The molecule has 1 aromatic rings. The number of hydrogen-bond acceptors (Lipinski definition) is 2. The maximum Gasteiger partial charge on any atom is 0.119 e. The summed E-state index contributed by atoms with van der Waals surface area (Å²) in [5.74, 6) is 1.04. The van der Waals surface area contributed by atoms with Crippen LogP contribution in [0.5, 0.6) is 5.75 Å². The summed E-state index contributed by atoms with van der Waals surface area (Å²) >= 11 is 0. The lowest BCUT2D eigenvalue weighted by molar-refractivity contribution is -0.100. The van der Waals surface area contributed by atoms with Gasteiger partial charge in [-0.1, -0.05) is 37.0 Å². The van der Waals surface area contributed by atoms with Crippen LogP contribution >= 0.6 is 0 Å². The molecule has 2 fully saturated rings. The molecule has 0 aliphatic heterocycles. The van der Waals surface area contributed by atoms with Gasteiger partial charge in [0, 0.05) is 17.9 Å². The molecule has 2 heteroatoms.